The molecule has 0 fully saturated rings. The van der Waals surface area contributed by atoms with Crippen LogP contribution in [0.2, 0.25) is 0 Å². The van der Waals surface area contributed by atoms with Crippen molar-refractivity contribution < 1.29 is 4.79 Å². The van der Waals surface area contributed by atoms with Crippen LogP contribution in [0.15, 0.2) is 43.0 Å². The molecule has 0 bridgehead atoms. The Morgan fingerprint density at radius 1 is 1.25 bits per heavy atom. The van der Waals surface area contributed by atoms with Crippen molar-refractivity contribution in [2.75, 3.05) is 6.54 Å². The summed E-state index contributed by atoms with van der Waals surface area (Å²) in [7, 11) is 0. The number of benzene rings is 1. The van der Waals surface area contributed by atoms with Crippen molar-refractivity contribution >= 4 is 5.91 Å². The van der Waals surface area contributed by atoms with Gasteiger partial charge in [0.25, 0.3) is 5.91 Å². The Morgan fingerprint density at radius 3 is 2.83 bits per heavy atom. The number of nitrogens with zero attached hydrogens (tertiary/aromatic N) is 5. The largest absolute Gasteiger partial charge is 0.349 e. The standard InChI is InChI=1S/C17H20N6O/c1-13-6-3-4-7-15(13)23-14(2)20-16(21-23)17(24)19-8-5-10-22-11-9-18-12-22/h3-4,6-7,9,11-12H,5,8,10H2,1-2H3,(H,19,24). The number of para-hydroxylation sites is 1. The average Bonchev–Trinajstić information content (AvgIpc) is 3.22. The molecule has 0 saturated heterocycles. The summed E-state index contributed by atoms with van der Waals surface area (Å²) in [6, 6.07) is 7.88. The predicted octanol–water partition coefficient (Wildman–Crippen LogP) is 1.90. The van der Waals surface area contributed by atoms with Crippen LogP contribution in [0.5, 0.6) is 0 Å². The quantitative estimate of drug-likeness (QED) is 0.703. The number of carbonyl (C=O) groups is 1. The zero-order chi connectivity index (χ0) is 16.9. The van der Waals surface area contributed by atoms with Gasteiger partial charge in [0.2, 0.25) is 5.82 Å². The fourth-order valence-electron chi connectivity index (χ4n) is 2.48. The smallest absolute Gasteiger partial charge is 0.290 e. The zero-order valence-electron chi connectivity index (χ0n) is 13.8. The molecule has 7 heteroatoms. The second kappa shape index (κ2) is 7.08. The van der Waals surface area contributed by atoms with Gasteiger partial charge in [-0.1, -0.05) is 18.2 Å². The average molecular weight is 324 g/mol. The van der Waals surface area contributed by atoms with Gasteiger partial charge in [-0.25, -0.2) is 14.6 Å². The van der Waals surface area contributed by atoms with Crippen molar-refractivity contribution in [1.29, 1.82) is 0 Å². The Balaban J connectivity index is 1.62. The van der Waals surface area contributed by atoms with Gasteiger partial charge in [-0.05, 0) is 31.9 Å². The molecule has 24 heavy (non-hydrogen) atoms. The topological polar surface area (TPSA) is 77.6 Å². The molecule has 0 saturated carbocycles. The molecular weight excluding hydrogens is 304 g/mol. The van der Waals surface area contributed by atoms with E-state index in [0.29, 0.717) is 12.4 Å². The molecule has 1 amide bonds. The van der Waals surface area contributed by atoms with E-state index in [2.05, 4.69) is 20.4 Å². The number of nitrogens with one attached hydrogen (secondary N) is 1. The number of carbonyl (C=O) groups excluding carboxylic acids is 1. The summed E-state index contributed by atoms with van der Waals surface area (Å²) in [5.74, 6) is 0.627. The van der Waals surface area contributed by atoms with Gasteiger partial charge in [0.15, 0.2) is 0 Å². The molecule has 0 atom stereocenters. The Morgan fingerprint density at radius 2 is 2.08 bits per heavy atom. The SMILES string of the molecule is Cc1ccccc1-n1nc(C(=O)NCCCn2ccnc2)nc1C. The number of aromatic nitrogens is 5. The lowest BCUT2D eigenvalue weighted by Crippen LogP contribution is -2.26. The van der Waals surface area contributed by atoms with Crippen LogP contribution < -0.4 is 5.32 Å². The fourth-order valence-corrected chi connectivity index (χ4v) is 2.48. The molecule has 124 valence electrons. The van der Waals surface area contributed by atoms with Crippen molar-refractivity contribution in [2.45, 2.75) is 26.8 Å². The molecule has 7 nitrogen and oxygen atoms in total. The molecule has 1 N–H and O–H groups in total. The van der Waals surface area contributed by atoms with E-state index in [9.17, 15) is 4.79 Å². The lowest BCUT2D eigenvalue weighted by atomic mass is 10.2. The highest BCUT2D eigenvalue weighted by Crippen LogP contribution is 2.14. The molecule has 1 aromatic carbocycles. The monoisotopic (exact) mass is 324 g/mol. The van der Waals surface area contributed by atoms with E-state index in [1.54, 1.807) is 17.2 Å². The van der Waals surface area contributed by atoms with Crippen LogP contribution in [-0.2, 0) is 6.54 Å². The number of hydrogen-bond acceptors (Lipinski definition) is 4. The van der Waals surface area contributed by atoms with Crippen molar-refractivity contribution in [3.8, 4) is 5.69 Å². The van der Waals surface area contributed by atoms with Gasteiger partial charge in [0.1, 0.15) is 5.82 Å². The number of rotatable bonds is 6. The highest BCUT2D eigenvalue weighted by molar-refractivity contribution is 5.90. The molecule has 2 heterocycles. The van der Waals surface area contributed by atoms with Crippen molar-refractivity contribution in [3.63, 3.8) is 0 Å². The summed E-state index contributed by atoms with van der Waals surface area (Å²) in [6.07, 6.45) is 6.22. The fraction of sp³-hybridized carbons (Fsp3) is 0.294. The van der Waals surface area contributed by atoms with Gasteiger partial charge in [0, 0.05) is 25.5 Å². The third-order valence-electron chi connectivity index (χ3n) is 3.75. The van der Waals surface area contributed by atoms with E-state index in [1.807, 2.05) is 48.9 Å². The lowest BCUT2D eigenvalue weighted by Gasteiger charge is -2.06. The van der Waals surface area contributed by atoms with Gasteiger partial charge in [-0.3, -0.25) is 4.79 Å². The van der Waals surface area contributed by atoms with Gasteiger partial charge in [-0.15, -0.1) is 5.10 Å². The van der Waals surface area contributed by atoms with Gasteiger partial charge in [-0.2, -0.15) is 0 Å². The van der Waals surface area contributed by atoms with Gasteiger partial charge in [0.05, 0.1) is 12.0 Å². The third-order valence-corrected chi connectivity index (χ3v) is 3.75. The van der Waals surface area contributed by atoms with Crippen molar-refractivity contribution in [2.24, 2.45) is 0 Å². The van der Waals surface area contributed by atoms with Crippen LogP contribution >= 0.6 is 0 Å². The lowest BCUT2D eigenvalue weighted by molar-refractivity contribution is 0.0942. The molecule has 2 aromatic heterocycles. The Bertz CT molecular complexity index is 821. The second-order valence-electron chi connectivity index (χ2n) is 5.59. The van der Waals surface area contributed by atoms with Crippen LogP contribution in [0.25, 0.3) is 5.69 Å². The summed E-state index contributed by atoms with van der Waals surface area (Å²) in [4.78, 5) is 20.5. The van der Waals surface area contributed by atoms with E-state index in [1.165, 1.54) is 0 Å². The van der Waals surface area contributed by atoms with E-state index < -0.39 is 0 Å². The first-order valence-corrected chi connectivity index (χ1v) is 7.89. The van der Waals surface area contributed by atoms with Crippen LogP contribution in [0.1, 0.15) is 28.4 Å². The molecule has 0 unspecified atom stereocenters. The van der Waals surface area contributed by atoms with E-state index in [4.69, 9.17) is 0 Å². The van der Waals surface area contributed by atoms with Gasteiger partial charge >= 0.3 is 0 Å². The molecular formula is C17H20N6O. The van der Waals surface area contributed by atoms with Crippen LogP contribution in [0.3, 0.4) is 0 Å². The van der Waals surface area contributed by atoms with Crippen molar-refractivity contribution in [1.82, 2.24) is 29.6 Å². The maximum atomic E-state index is 12.2. The molecule has 0 spiro atoms. The minimum absolute atomic E-state index is 0.193. The molecule has 0 radical (unpaired) electrons. The van der Waals surface area contributed by atoms with Crippen LogP contribution in [0.4, 0.5) is 0 Å². The first-order valence-electron chi connectivity index (χ1n) is 7.89. The van der Waals surface area contributed by atoms with Crippen LogP contribution in [-0.4, -0.2) is 36.8 Å². The maximum Gasteiger partial charge on any atom is 0.290 e. The van der Waals surface area contributed by atoms with E-state index in [0.717, 1.165) is 24.2 Å². The third kappa shape index (κ3) is 3.51. The molecule has 3 aromatic rings. The summed E-state index contributed by atoms with van der Waals surface area (Å²) in [5.41, 5.74) is 2.01. The number of amides is 1. The Labute approximate surface area is 140 Å². The van der Waals surface area contributed by atoms with Crippen LogP contribution in [0, 0.1) is 13.8 Å². The maximum absolute atomic E-state index is 12.2. The van der Waals surface area contributed by atoms with E-state index in [-0.39, 0.29) is 11.7 Å². The minimum atomic E-state index is -0.254. The summed E-state index contributed by atoms with van der Waals surface area (Å²) < 4.78 is 3.68. The number of imidazole rings is 1. The molecule has 0 aliphatic carbocycles. The number of hydrogen-bond donors (Lipinski definition) is 1. The Hall–Kier alpha value is -2.96. The highest BCUT2D eigenvalue weighted by atomic mass is 16.2. The molecule has 0 aliphatic rings. The highest BCUT2D eigenvalue weighted by Gasteiger charge is 2.15. The minimum Gasteiger partial charge on any atom is -0.349 e. The summed E-state index contributed by atoms with van der Waals surface area (Å²) in [5, 5.41) is 7.20. The van der Waals surface area contributed by atoms with Crippen molar-refractivity contribution in [3.05, 3.63) is 60.2 Å². The first-order chi connectivity index (χ1) is 11.6. The van der Waals surface area contributed by atoms with Gasteiger partial charge < -0.3 is 9.88 Å². The first kappa shape index (κ1) is 15.9. The normalized spacial score (nSPS) is 10.8. The predicted molar refractivity (Wildman–Crippen MR) is 90.0 cm³/mol. The summed E-state index contributed by atoms with van der Waals surface area (Å²) >= 11 is 0. The second-order valence-corrected chi connectivity index (χ2v) is 5.59. The Kier molecular flexibility index (Phi) is 4.69. The molecule has 3 rings (SSSR count). The van der Waals surface area contributed by atoms with E-state index >= 15 is 0 Å². The molecule has 0 aliphatic heterocycles. The summed E-state index contributed by atoms with van der Waals surface area (Å²) in [6.45, 7) is 5.22. The zero-order valence-corrected chi connectivity index (χ0v) is 13.8. The number of aryl methyl sites for hydroxylation is 3.